The van der Waals surface area contributed by atoms with Gasteiger partial charge in [-0.1, -0.05) is 0 Å². The Morgan fingerprint density at radius 2 is 1.65 bits per heavy atom. The van der Waals surface area contributed by atoms with Crippen molar-refractivity contribution < 1.29 is 24.1 Å². The lowest BCUT2D eigenvalue weighted by atomic mass is 10.1. The number of carboxylic acids is 1. The Morgan fingerprint density at radius 3 is 2.05 bits per heavy atom. The van der Waals surface area contributed by atoms with Crippen molar-refractivity contribution in [1.82, 2.24) is 0 Å². The third-order valence-electron chi connectivity index (χ3n) is 2.81. The number of carboxylic acid groups (broad SMARTS) is 1. The van der Waals surface area contributed by atoms with Crippen molar-refractivity contribution in [2.24, 2.45) is 0 Å². The minimum atomic E-state index is -0.959. The highest BCUT2D eigenvalue weighted by molar-refractivity contribution is 7.14. The van der Waals surface area contributed by atoms with Crippen LogP contribution in [0.1, 0.15) is 10.4 Å². The summed E-state index contributed by atoms with van der Waals surface area (Å²) in [6.45, 7) is 0. The molecule has 0 spiro atoms. The highest BCUT2D eigenvalue weighted by Crippen LogP contribution is 2.44. The van der Waals surface area contributed by atoms with Crippen LogP contribution in [0.4, 0.5) is 0 Å². The van der Waals surface area contributed by atoms with Crippen LogP contribution < -0.4 is 14.2 Å². The van der Waals surface area contributed by atoms with Gasteiger partial charge in [0.25, 0.3) is 0 Å². The van der Waals surface area contributed by atoms with E-state index in [9.17, 15) is 4.79 Å². The van der Waals surface area contributed by atoms with Gasteiger partial charge in [0.15, 0.2) is 0 Å². The van der Waals surface area contributed by atoms with Gasteiger partial charge < -0.3 is 19.3 Å². The minimum Gasteiger partial charge on any atom is -0.496 e. The lowest BCUT2D eigenvalue weighted by molar-refractivity contribution is 0.0697. The van der Waals surface area contributed by atoms with Gasteiger partial charge in [-0.25, -0.2) is 4.79 Å². The molecule has 5 nitrogen and oxygen atoms in total. The zero-order chi connectivity index (χ0) is 14.7. The molecule has 0 fully saturated rings. The van der Waals surface area contributed by atoms with E-state index >= 15 is 0 Å². The first-order chi connectivity index (χ1) is 9.60. The maximum absolute atomic E-state index is 11.0. The van der Waals surface area contributed by atoms with Gasteiger partial charge in [-0.15, -0.1) is 11.3 Å². The summed E-state index contributed by atoms with van der Waals surface area (Å²) in [4.78, 5) is 11.7. The number of benzene rings is 1. The molecule has 1 aromatic carbocycles. The van der Waals surface area contributed by atoms with Crippen LogP contribution in [0.15, 0.2) is 23.6 Å². The number of ether oxygens (including phenoxy) is 3. The Balaban J connectivity index is 2.61. The minimum absolute atomic E-state index is 0.241. The molecular formula is C14H14O5S. The fraction of sp³-hybridized carbons (Fsp3) is 0.214. The Labute approximate surface area is 120 Å². The van der Waals surface area contributed by atoms with E-state index in [4.69, 9.17) is 19.3 Å². The van der Waals surface area contributed by atoms with E-state index in [-0.39, 0.29) is 5.56 Å². The molecular weight excluding hydrogens is 280 g/mol. The van der Waals surface area contributed by atoms with Gasteiger partial charge in [0.1, 0.15) is 17.2 Å². The molecule has 1 aromatic heterocycles. The van der Waals surface area contributed by atoms with Crippen LogP contribution in [0.25, 0.3) is 10.4 Å². The SMILES string of the molecule is COc1cc(OC)c(-c2cc(C(=O)O)cs2)c(OC)c1. The summed E-state index contributed by atoms with van der Waals surface area (Å²) in [5, 5.41) is 10.6. The summed E-state index contributed by atoms with van der Waals surface area (Å²) in [5.41, 5.74) is 0.957. The van der Waals surface area contributed by atoms with E-state index < -0.39 is 5.97 Å². The first-order valence-electron chi connectivity index (χ1n) is 5.73. The van der Waals surface area contributed by atoms with E-state index in [0.29, 0.717) is 22.8 Å². The summed E-state index contributed by atoms with van der Waals surface area (Å²) in [7, 11) is 4.65. The number of hydrogen-bond donors (Lipinski definition) is 1. The molecule has 0 saturated carbocycles. The Hall–Kier alpha value is -2.21. The van der Waals surface area contributed by atoms with Crippen molar-refractivity contribution in [2.45, 2.75) is 0 Å². The topological polar surface area (TPSA) is 65.0 Å². The van der Waals surface area contributed by atoms with Crippen LogP contribution in [0.3, 0.4) is 0 Å². The van der Waals surface area contributed by atoms with Crippen molar-refractivity contribution in [3.8, 4) is 27.7 Å². The van der Waals surface area contributed by atoms with Crippen molar-refractivity contribution >= 4 is 17.3 Å². The van der Waals surface area contributed by atoms with Crippen LogP contribution in [0.2, 0.25) is 0 Å². The summed E-state index contributed by atoms with van der Waals surface area (Å²) in [5.74, 6) is 0.788. The van der Waals surface area contributed by atoms with E-state index in [0.717, 1.165) is 4.88 Å². The molecule has 0 atom stereocenters. The molecule has 0 aliphatic rings. The molecule has 0 saturated heterocycles. The van der Waals surface area contributed by atoms with Crippen molar-refractivity contribution in [1.29, 1.82) is 0 Å². The fourth-order valence-electron chi connectivity index (χ4n) is 1.83. The first kappa shape index (κ1) is 14.2. The van der Waals surface area contributed by atoms with Crippen molar-refractivity contribution in [2.75, 3.05) is 21.3 Å². The van der Waals surface area contributed by atoms with Gasteiger partial charge >= 0.3 is 5.97 Å². The smallest absolute Gasteiger partial charge is 0.336 e. The quantitative estimate of drug-likeness (QED) is 0.917. The average Bonchev–Trinajstić information content (AvgIpc) is 2.95. The summed E-state index contributed by atoms with van der Waals surface area (Å²) >= 11 is 1.32. The largest absolute Gasteiger partial charge is 0.496 e. The third kappa shape index (κ3) is 2.55. The van der Waals surface area contributed by atoms with E-state index in [2.05, 4.69) is 0 Å². The zero-order valence-corrected chi connectivity index (χ0v) is 12.1. The van der Waals surface area contributed by atoms with Crippen LogP contribution in [0, 0.1) is 0 Å². The first-order valence-corrected chi connectivity index (χ1v) is 6.61. The molecule has 0 bridgehead atoms. The molecule has 2 rings (SSSR count). The number of hydrogen-bond acceptors (Lipinski definition) is 5. The zero-order valence-electron chi connectivity index (χ0n) is 11.3. The number of thiophene rings is 1. The van der Waals surface area contributed by atoms with Gasteiger partial charge in [-0.3, -0.25) is 0 Å². The number of methoxy groups -OCH3 is 3. The molecule has 1 heterocycles. The molecule has 106 valence electrons. The van der Waals surface area contributed by atoms with Crippen LogP contribution >= 0.6 is 11.3 Å². The van der Waals surface area contributed by atoms with Gasteiger partial charge in [-0.2, -0.15) is 0 Å². The summed E-state index contributed by atoms with van der Waals surface area (Å²) < 4.78 is 15.9. The Kier molecular flexibility index (Phi) is 4.14. The maximum Gasteiger partial charge on any atom is 0.336 e. The highest BCUT2D eigenvalue weighted by Gasteiger charge is 2.18. The molecule has 6 heteroatoms. The van der Waals surface area contributed by atoms with Gasteiger partial charge in [0, 0.05) is 22.4 Å². The lowest BCUT2D eigenvalue weighted by Gasteiger charge is -2.13. The van der Waals surface area contributed by atoms with Crippen molar-refractivity contribution in [3.05, 3.63) is 29.1 Å². The molecule has 0 aliphatic heterocycles. The molecule has 0 unspecified atom stereocenters. The summed E-state index contributed by atoms with van der Waals surface area (Å²) in [6, 6.07) is 5.07. The molecule has 0 aliphatic carbocycles. The van der Waals surface area contributed by atoms with E-state index in [1.807, 2.05) is 0 Å². The molecule has 0 amide bonds. The second kappa shape index (κ2) is 5.83. The number of rotatable bonds is 5. The second-order valence-electron chi connectivity index (χ2n) is 3.91. The van der Waals surface area contributed by atoms with E-state index in [1.165, 1.54) is 11.3 Å². The van der Waals surface area contributed by atoms with Gasteiger partial charge in [-0.05, 0) is 6.07 Å². The second-order valence-corrected chi connectivity index (χ2v) is 4.82. The van der Waals surface area contributed by atoms with Crippen LogP contribution in [-0.4, -0.2) is 32.4 Å². The average molecular weight is 294 g/mol. The molecule has 0 radical (unpaired) electrons. The normalized spacial score (nSPS) is 10.2. The molecule has 2 aromatic rings. The number of aromatic carboxylic acids is 1. The van der Waals surface area contributed by atoms with E-state index in [1.54, 1.807) is 44.9 Å². The Bertz CT molecular complexity index is 607. The molecule has 20 heavy (non-hydrogen) atoms. The van der Waals surface area contributed by atoms with Crippen LogP contribution in [0.5, 0.6) is 17.2 Å². The predicted octanol–water partition coefficient (Wildman–Crippen LogP) is 3.14. The van der Waals surface area contributed by atoms with Crippen LogP contribution in [-0.2, 0) is 0 Å². The fourth-order valence-corrected chi connectivity index (χ4v) is 2.76. The maximum atomic E-state index is 11.0. The third-order valence-corrected chi connectivity index (χ3v) is 3.76. The highest BCUT2D eigenvalue weighted by atomic mass is 32.1. The predicted molar refractivity (Wildman–Crippen MR) is 76.4 cm³/mol. The summed E-state index contributed by atoms with van der Waals surface area (Å²) in [6.07, 6.45) is 0. The standard InChI is InChI=1S/C14H14O5S/c1-17-9-5-10(18-2)13(11(6-9)19-3)12-4-8(7-20-12)14(15)16/h4-7H,1-3H3,(H,15,16). The van der Waals surface area contributed by atoms with Crippen molar-refractivity contribution in [3.63, 3.8) is 0 Å². The number of carbonyl (C=O) groups is 1. The van der Waals surface area contributed by atoms with Gasteiger partial charge in [0.2, 0.25) is 0 Å². The molecule has 1 N–H and O–H groups in total. The monoisotopic (exact) mass is 294 g/mol. The van der Waals surface area contributed by atoms with Gasteiger partial charge in [0.05, 0.1) is 32.5 Å². The Morgan fingerprint density at radius 1 is 1.05 bits per heavy atom. The lowest BCUT2D eigenvalue weighted by Crippen LogP contribution is -1.95.